The number of fused-ring (bicyclic) bond motifs is 1. The highest BCUT2D eigenvalue weighted by molar-refractivity contribution is 6.37. The quantitative estimate of drug-likeness (QED) is 0.321. The van der Waals surface area contributed by atoms with Crippen LogP contribution >= 0.6 is 23.2 Å². The van der Waals surface area contributed by atoms with Gasteiger partial charge in [0.05, 0.1) is 32.9 Å². The van der Waals surface area contributed by atoms with Gasteiger partial charge in [-0.25, -0.2) is 0 Å². The lowest BCUT2D eigenvalue weighted by Crippen LogP contribution is -2.47. The lowest BCUT2D eigenvalue weighted by Gasteiger charge is -2.32. The van der Waals surface area contributed by atoms with Crippen molar-refractivity contribution >= 4 is 51.5 Å². The maximum atomic E-state index is 12.7. The topological polar surface area (TPSA) is 94.6 Å². The van der Waals surface area contributed by atoms with E-state index in [1.165, 1.54) is 0 Å². The smallest absolute Gasteiger partial charge is 0.237 e. The summed E-state index contributed by atoms with van der Waals surface area (Å²) in [6.07, 6.45) is 7.16. The molecule has 200 valence electrons. The largest absolute Gasteiger partial charge is 0.505 e. The van der Waals surface area contributed by atoms with Crippen LogP contribution in [0, 0.1) is 0 Å². The average Bonchev–Trinajstić information content (AvgIpc) is 3.33. The highest BCUT2D eigenvalue weighted by Crippen LogP contribution is 2.38. The van der Waals surface area contributed by atoms with Crippen molar-refractivity contribution in [1.82, 2.24) is 15.2 Å². The van der Waals surface area contributed by atoms with Crippen LogP contribution in [0.2, 0.25) is 10.0 Å². The van der Waals surface area contributed by atoms with Gasteiger partial charge < -0.3 is 15.7 Å². The zero-order valence-corrected chi connectivity index (χ0v) is 23.1. The molecule has 7 nitrogen and oxygen atoms in total. The maximum absolute atomic E-state index is 12.7. The third-order valence-electron chi connectivity index (χ3n) is 7.84. The van der Waals surface area contributed by atoms with Crippen molar-refractivity contribution in [2.45, 2.75) is 63.6 Å². The summed E-state index contributed by atoms with van der Waals surface area (Å²) in [4.78, 5) is 32.0. The van der Waals surface area contributed by atoms with Crippen LogP contribution in [0.4, 0.5) is 5.69 Å². The van der Waals surface area contributed by atoms with Crippen molar-refractivity contribution in [3.63, 3.8) is 0 Å². The normalized spacial score (nSPS) is 21.9. The van der Waals surface area contributed by atoms with E-state index in [4.69, 9.17) is 23.2 Å². The van der Waals surface area contributed by atoms with Gasteiger partial charge in [0, 0.05) is 23.7 Å². The fourth-order valence-corrected chi connectivity index (χ4v) is 6.14. The Hall–Kier alpha value is -2.87. The summed E-state index contributed by atoms with van der Waals surface area (Å²) in [5, 5.41) is 18.0. The van der Waals surface area contributed by atoms with E-state index in [0.29, 0.717) is 5.56 Å². The van der Waals surface area contributed by atoms with Crippen LogP contribution in [0.25, 0.3) is 22.0 Å². The number of rotatable bonds is 6. The van der Waals surface area contributed by atoms with Gasteiger partial charge in [0.2, 0.25) is 5.91 Å². The number of Topliss-reactive ketones (excluding diaryl/α,β-unsaturated/α-hetero) is 1. The fraction of sp³-hybridized carbons (Fsp3) is 0.414. The molecule has 2 heterocycles. The second-order valence-corrected chi connectivity index (χ2v) is 11.3. The van der Waals surface area contributed by atoms with Crippen molar-refractivity contribution in [3.05, 3.63) is 52.1 Å². The van der Waals surface area contributed by atoms with Crippen LogP contribution in [-0.4, -0.2) is 58.4 Å². The van der Waals surface area contributed by atoms with Gasteiger partial charge in [-0.2, -0.15) is 0 Å². The molecule has 3 aromatic rings. The molecule has 2 aliphatic rings. The molecule has 5 rings (SSSR count). The van der Waals surface area contributed by atoms with Crippen LogP contribution in [0.1, 0.15) is 55.8 Å². The molecule has 1 amide bonds. The summed E-state index contributed by atoms with van der Waals surface area (Å²) in [5.74, 6) is -0.0742. The molecule has 1 saturated heterocycles. The zero-order valence-electron chi connectivity index (χ0n) is 21.6. The molecule has 0 spiro atoms. The molecule has 1 aliphatic heterocycles. The van der Waals surface area contributed by atoms with Gasteiger partial charge in [-0.1, -0.05) is 29.3 Å². The number of amides is 1. The van der Waals surface area contributed by atoms with Crippen molar-refractivity contribution in [1.29, 1.82) is 0 Å². The number of pyridine rings is 1. The third kappa shape index (κ3) is 5.46. The van der Waals surface area contributed by atoms with E-state index < -0.39 is 0 Å². The molecule has 0 radical (unpaired) electrons. The van der Waals surface area contributed by atoms with Crippen LogP contribution in [0.5, 0.6) is 5.75 Å². The number of phenols is 1. The minimum atomic E-state index is -0.150. The van der Waals surface area contributed by atoms with Gasteiger partial charge in [0.1, 0.15) is 0 Å². The van der Waals surface area contributed by atoms with E-state index >= 15 is 0 Å². The number of nitrogens with zero attached hydrogens (tertiary/aromatic N) is 2. The molecule has 2 aromatic carbocycles. The Morgan fingerprint density at radius 2 is 1.68 bits per heavy atom. The molecular formula is C29H32Cl2N4O3. The van der Waals surface area contributed by atoms with E-state index in [2.05, 4.69) is 20.5 Å². The summed E-state index contributed by atoms with van der Waals surface area (Å²) in [6, 6.07) is 9.45. The number of carbonyl (C=O) groups excluding carboxylic acids is 2. The van der Waals surface area contributed by atoms with E-state index in [1.807, 2.05) is 25.2 Å². The molecule has 1 aliphatic carbocycles. The average molecular weight is 556 g/mol. The van der Waals surface area contributed by atoms with Crippen LogP contribution in [0.3, 0.4) is 0 Å². The SMILES string of the molecule is CC(=O)c1cnc2ccc(-c3cc(Cl)c(O)c(Cl)c3)cc2c1N[C@H]1CC[C@H](NC(=O)C2CCCN2C)CC1. The standard InChI is InChI=1S/C29H32Cl2N4O3/c1-16(36)22-15-32-25-10-5-17(18-13-23(30)28(37)24(31)14-18)12-21(25)27(22)33-19-6-8-20(9-7-19)34-29(38)26-4-3-11-35(26)2/h5,10,12-15,19-20,26,37H,3-4,6-9,11H2,1-2H3,(H,32,33)(H,34,38)/t19-,20-,26?. The van der Waals surface area contributed by atoms with Crippen molar-refractivity contribution < 1.29 is 14.7 Å². The molecule has 2 fully saturated rings. The molecule has 0 bridgehead atoms. The Labute approximate surface area is 232 Å². The zero-order chi connectivity index (χ0) is 27.0. The number of nitrogens with one attached hydrogen (secondary N) is 2. The van der Waals surface area contributed by atoms with E-state index in [-0.39, 0.29) is 45.6 Å². The molecule has 9 heteroatoms. The number of hydrogen-bond acceptors (Lipinski definition) is 6. The number of aromatic hydroxyl groups is 1. The number of phenolic OH excluding ortho intramolecular Hbond substituents is 1. The summed E-state index contributed by atoms with van der Waals surface area (Å²) < 4.78 is 0. The van der Waals surface area contributed by atoms with Crippen LogP contribution in [-0.2, 0) is 4.79 Å². The Morgan fingerprint density at radius 3 is 2.32 bits per heavy atom. The van der Waals surface area contributed by atoms with Gasteiger partial charge in [-0.3, -0.25) is 19.5 Å². The van der Waals surface area contributed by atoms with Crippen LogP contribution in [0.15, 0.2) is 36.5 Å². The number of likely N-dealkylation sites (tertiary alicyclic amines) is 1. The first-order valence-corrected chi connectivity index (χ1v) is 13.9. The fourth-order valence-electron chi connectivity index (χ4n) is 5.65. The van der Waals surface area contributed by atoms with Gasteiger partial charge in [-0.05, 0) is 94.4 Å². The second kappa shape index (κ2) is 11.1. The first-order valence-electron chi connectivity index (χ1n) is 13.1. The van der Waals surface area contributed by atoms with E-state index in [0.717, 1.165) is 72.8 Å². The van der Waals surface area contributed by atoms with E-state index in [9.17, 15) is 14.7 Å². The Balaban J connectivity index is 1.37. The molecule has 1 aromatic heterocycles. The minimum Gasteiger partial charge on any atom is -0.505 e. The molecule has 1 saturated carbocycles. The summed E-state index contributed by atoms with van der Waals surface area (Å²) in [6.45, 7) is 2.52. The summed E-state index contributed by atoms with van der Waals surface area (Å²) in [7, 11) is 2.01. The number of anilines is 1. The lowest BCUT2D eigenvalue weighted by molar-refractivity contribution is -0.126. The molecule has 38 heavy (non-hydrogen) atoms. The Morgan fingerprint density at radius 1 is 1.00 bits per heavy atom. The number of aromatic nitrogens is 1. The summed E-state index contributed by atoms with van der Waals surface area (Å²) >= 11 is 12.3. The predicted octanol–water partition coefficient (Wildman–Crippen LogP) is 6.05. The predicted molar refractivity (Wildman–Crippen MR) is 152 cm³/mol. The highest BCUT2D eigenvalue weighted by Gasteiger charge is 2.31. The van der Waals surface area contributed by atoms with Crippen molar-refractivity contribution in [3.8, 4) is 16.9 Å². The molecule has 3 N–H and O–H groups in total. The van der Waals surface area contributed by atoms with Gasteiger partial charge in [0.15, 0.2) is 11.5 Å². The minimum absolute atomic E-state index is 0.0142. The highest BCUT2D eigenvalue weighted by atomic mass is 35.5. The number of halogens is 2. The lowest BCUT2D eigenvalue weighted by atomic mass is 9.90. The van der Waals surface area contributed by atoms with Gasteiger partial charge >= 0.3 is 0 Å². The van der Waals surface area contributed by atoms with Crippen LogP contribution < -0.4 is 10.6 Å². The number of ketones is 1. The summed E-state index contributed by atoms with van der Waals surface area (Å²) in [5.41, 5.74) is 3.66. The maximum Gasteiger partial charge on any atom is 0.237 e. The van der Waals surface area contributed by atoms with Crippen molar-refractivity contribution in [2.24, 2.45) is 0 Å². The Kier molecular flexibility index (Phi) is 7.80. The number of carbonyl (C=O) groups is 2. The second-order valence-electron chi connectivity index (χ2n) is 10.5. The monoisotopic (exact) mass is 554 g/mol. The van der Waals surface area contributed by atoms with Gasteiger partial charge in [0.25, 0.3) is 0 Å². The number of hydrogen-bond donors (Lipinski definition) is 3. The number of benzene rings is 2. The molecular weight excluding hydrogens is 523 g/mol. The van der Waals surface area contributed by atoms with Gasteiger partial charge in [-0.15, -0.1) is 0 Å². The first kappa shape index (κ1) is 26.7. The van der Waals surface area contributed by atoms with E-state index in [1.54, 1.807) is 25.3 Å². The third-order valence-corrected chi connectivity index (χ3v) is 8.42. The molecule has 1 atom stereocenters. The number of likely N-dealkylation sites (N-methyl/N-ethyl adjacent to an activating group) is 1. The first-order chi connectivity index (χ1) is 18.2. The van der Waals surface area contributed by atoms with Crippen molar-refractivity contribution in [2.75, 3.05) is 18.9 Å². The Bertz CT molecular complexity index is 1360. The molecule has 1 unspecified atom stereocenters.